The first-order valence-corrected chi connectivity index (χ1v) is 7.84. The Morgan fingerprint density at radius 2 is 2.33 bits per heavy atom. The van der Waals surface area contributed by atoms with Gasteiger partial charge in [0.15, 0.2) is 0 Å². The molecule has 0 bridgehead atoms. The lowest BCUT2D eigenvalue weighted by atomic mass is 10.1. The van der Waals surface area contributed by atoms with Gasteiger partial charge < -0.3 is 10.6 Å². The molecule has 6 heteroatoms. The molecule has 0 aliphatic carbocycles. The van der Waals surface area contributed by atoms with Gasteiger partial charge in [0, 0.05) is 48.2 Å². The molecule has 0 spiro atoms. The van der Waals surface area contributed by atoms with E-state index in [-0.39, 0.29) is 5.82 Å². The molecule has 21 heavy (non-hydrogen) atoms. The number of anilines is 1. The van der Waals surface area contributed by atoms with E-state index in [1.54, 1.807) is 6.07 Å². The standard InChI is InChI=1S/C15H18BrFN4/c1-10-4-15-19-7-11(9-21(15)20-10)6-18-8-12-5-13(16)2-3-14(12)17/h2-5,11,18-19H,6-9H2,1H3. The second-order valence-corrected chi connectivity index (χ2v) is 6.38. The summed E-state index contributed by atoms with van der Waals surface area (Å²) in [7, 11) is 0. The maximum atomic E-state index is 13.6. The van der Waals surface area contributed by atoms with Crippen molar-refractivity contribution in [2.45, 2.75) is 20.0 Å². The van der Waals surface area contributed by atoms with Gasteiger partial charge in [-0.3, -0.25) is 0 Å². The zero-order chi connectivity index (χ0) is 14.8. The van der Waals surface area contributed by atoms with Gasteiger partial charge >= 0.3 is 0 Å². The summed E-state index contributed by atoms with van der Waals surface area (Å²) in [4.78, 5) is 0. The highest BCUT2D eigenvalue weighted by molar-refractivity contribution is 9.10. The Balaban J connectivity index is 1.53. The zero-order valence-electron chi connectivity index (χ0n) is 11.9. The van der Waals surface area contributed by atoms with Crippen LogP contribution in [-0.2, 0) is 13.1 Å². The third-order valence-electron chi connectivity index (χ3n) is 3.66. The number of hydrogen-bond donors (Lipinski definition) is 2. The maximum absolute atomic E-state index is 13.6. The average Bonchev–Trinajstić information content (AvgIpc) is 2.82. The predicted octanol–water partition coefficient (Wildman–Crippen LogP) is 2.92. The van der Waals surface area contributed by atoms with Gasteiger partial charge in [-0.15, -0.1) is 0 Å². The molecule has 112 valence electrons. The first-order chi connectivity index (χ1) is 10.1. The van der Waals surface area contributed by atoms with Crippen LogP contribution in [-0.4, -0.2) is 22.9 Å². The number of rotatable bonds is 4. The van der Waals surface area contributed by atoms with E-state index in [0.29, 0.717) is 18.0 Å². The number of aryl methyl sites for hydroxylation is 1. The van der Waals surface area contributed by atoms with Crippen molar-refractivity contribution in [1.29, 1.82) is 0 Å². The van der Waals surface area contributed by atoms with Crippen LogP contribution in [0.1, 0.15) is 11.3 Å². The molecule has 0 fully saturated rings. The fraction of sp³-hybridized carbons (Fsp3) is 0.400. The summed E-state index contributed by atoms with van der Waals surface area (Å²) in [6.45, 7) is 5.17. The van der Waals surface area contributed by atoms with E-state index in [4.69, 9.17) is 0 Å². The highest BCUT2D eigenvalue weighted by Crippen LogP contribution is 2.18. The van der Waals surface area contributed by atoms with Gasteiger partial charge in [0.1, 0.15) is 11.6 Å². The van der Waals surface area contributed by atoms with Gasteiger partial charge in [0.05, 0.1) is 5.69 Å². The topological polar surface area (TPSA) is 41.9 Å². The van der Waals surface area contributed by atoms with Crippen LogP contribution in [0.2, 0.25) is 0 Å². The number of benzene rings is 1. The molecule has 2 aromatic rings. The van der Waals surface area contributed by atoms with E-state index in [1.165, 1.54) is 6.07 Å². The minimum atomic E-state index is -0.169. The quantitative estimate of drug-likeness (QED) is 0.888. The van der Waals surface area contributed by atoms with E-state index in [1.807, 2.05) is 17.7 Å². The minimum Gasteiger partial charge on any atom is -0.370 e. The minimum absolute atomic E-state index is 0.169. The first kappa shape index (κ1) is 14.5. The van der Waals surface area contributed by atoms with Crippen LogP contribution in [0.15, 0.2) is 28.7 Å². The SMILES string of the molecule is Cc1cc2n(n1)CC(CNCc1cc(Br)ccc1F)CN2. The van der Waals surface area contributed by atoms with E-state index >= 15 is 0 Å². The Morgan fingerprint density at radius 3 is 3.19 bits per heavy atom. The van der Waals surface area contributed by atoms with Crippen molar-refractivity contribution in [2.75, 3.05) is 18.4 Å². The number of halogens is 2. The summed E-state index contributed by atoms with van der Waals surface area (Å²) >= 11 is 3.37. The van der Waals surface area contributed by atoms with Crippen LogP contribution in [0.3, 0.4) is 0 Å². The van der Waals surface area contributed by atoms with Crippen LogP contribution < -0.4 is 10.6 Å². The largest absolute Gasteiger partial charge is 0.370 e. The monoisotopic (exact) mass is 352 g/mol. The van der Waals surface area contributed by atoms with Crippen molar-refractivity contribution in [3.8, 4) is 0 Å². The van der Waals surface area contributed by atoms with Crippen LogP contribution in [0.25, 0.3) is 0 Å². The summed E-state index contributed by atoms with van der Waals surface area (Å²) in [5.74, 6) is 1.37. The fourth-order valence-electron chi connectivity index (χ4n) is 2.61. The smallest absolute Gasteiger partial charge is 0.127 e. The Bertz CT molecular complexity index is 641. The van der Waals surface area contributed by atoms with Crippen molar-refractivity contribution < 1.29 is 4.39 Å². The predicted molar refractivity (Wildman–Crippen MR) is 84.8 cm³/mol. The van der Waals surface area contributed by atoms with Gasteiger partial charge in [-0.25, -0.2) is 9.07 Å². The van der Waals surface area contributed by atoms with Gasteiger partial charge in [-0.1, -0.05) is 15.9 Å². The molecule has 0 saturated carbocycles. The molecular weight excluding hydrogens is 335 g/mol. The number of hydrogen-bond acceptors (Lipinski definition) is 3. The molecule has 0 radical (unpaired) electrons. The normalized spacial score (nSPS) is 17.4. The lowest BCUT2D eigenvalue weighted by molar-refractivity contribution is 0.389. The van der Waals surface area contributed by atoms with Gasteiger partial charge in [-0.05, 0) is 25.1 Å². The number of nitrogens with one attached hydrogen (secondary N) is 2. The Morgan fingerprint density at radius 1 is 1.48 bits per heavy atom. The lowest BCUT2D eigenvalue weighted by Gasteiger charge is -2.25. The van der Waals surface area contributed by atoms with Crippen LogP contribution >= 0.6 is 15.9 Å². The molecule has 1 atom stereocenters. The Hall–Kier alpha value is -1.40. The molecule has 0 saturated heterocycles. The zero-order valence-corrected chi connectivity index (χ0v) is 13.5. The fourth-order valence-corrected chi connectivity index (χ4v) is 3.02. The molecule has 1 aliphatic heterocycles. The van der Waals surface area contributed by atoms with E-state index < -0.39 is 0 Å². The first-order valence-electron chi connectivity index (χ1n) is 7.05. The summed E-state index contributed by atoms with van der Waals surface area (Å²) in [6, 6.07) is 7.07. The second kappa shape index (κ2) is 6.15. The van der Waals surface area contributed by atoms with Gasteiger partial charge in [0.2, 0.25) is 0 Å². The third-order valence-corrected chi connectivity index (χ3v) is 4.15. The van der Waals surface area contributed by atoms with Crippen LogP contribution in [0, 0.1) is 18.7 Å². The summed E-state index contributed by atoms with van der Waals surface area (Å²) in [5, 5.41) is 11.2. The van der Waals surface area contributed by atoms with Crippen molar-refractivity contribution in [3.63, 3.8) is 0 Å². The molecule has 1 unspecified atom stereocenters. The Labute approximate surface area is 131 Å². The molecule has 2 heterocycles. The highest BCUT2D eigenvalue weighted by Gasteiger charge is 2.18. The molecule has 4 nitrogen and oxygen atoms in total. The number of nitrogens with zero attached hydrogens (tertiary/aromatic N) is 2. The van der Waals surface area contributed by atoms with Crippen molar-refractivity contribution in [3.05, 3.63) is 45.8 Å². The second-order valence-electron chi connectivity index (χ2n) is 5.47. The third kappa shape index (κ3) is 3.44. The molecule has 1 aromatic carbocycles. The molecule has 1 aliphatic rings. The molecule has 1 aromatic heterocycles. The van der Waals surface area contributed by atoms with E-state index in [0.717, 1.165) is 35.6 Å². The highest BCUT2D eigenvalue weighted by atomic mass is 79.9. The molecular formula is C15H18BrFN4. The number of fused-ring (bicyclic) bond motifs is 1. The van der Waals surface area contributed by atoms with Crippen LogP contribution in [0.5, 0.6) is 0 Å². The lowest BCUT2D eigenvalue weighted by Crippen LogP contribution is -2.35. The van der Waals surface area contributed by atoms with Gasteiger partial charge in [-0.2, -0.15) is 5.10 Å². The average molecular weight is 353 g/mol. The van der Waals surface area contributed by atoms with E-state index in [2.05, 4.69) is 37.7 Å². The maximum Gasteiger partial charge on any atom is 0.127 e. The summed E-state index contributed by atoms with van der Waals surface area (Å²) in [6.07, 6.45) is 0. The molecule has 2 N–H and O–H groups in total. The van der Waals surface area contributed by atoms with E-state index in [9.17, 15) is 4.39 Å². The summed E-state index contributed by atoms with van der Waals surface area (Å²) < 4.78 is 16.6. The van der Waals surface area contributed by atoms with Gasteiger partial charge in [0.25, 0.3) is 0 Å². The number of aromatic nitrogens is 2. The molecule has 0 amide bonds. The summed E-state index contributed by atoms with van der Waals surface area (Å²) in [5.41, 5.74) is 1.71. The van der Waals surface area contributed by atoms with Crippen molar-refractivity contribution in [2.24, 2.45) is 5.92 Å². The van der Waals surface area contributed by atoms with Crippen molar-refractivity contribution >= 4 is 21.7 Å². The molecule has 3 rings (SSSR count). The Kier molecular flexibility index (Phi) is 4.26. The van der Waals surface area contributed by atoms with Crippen LogP contribution in [0.4, 0.5) is 10.2 Å². The van der Waals surface area contributed by atoms with Crippen molar-refractivity contribution in [1.82, 2.24) is 15.1 Å².